The van der Waals surface area contributed by atoms with E-state index in [0.29, 0.717) is 17.3 Å². The van der Waals surface area contributed by atoms with E-state index in [1.54, 1.807) is 18.2 Å². The average Bonchev–Trinajstić information content (AvgIpc) is 2.76. The molecule has 1 N–H and O–H groups in total. The van der Waals surface area contributed by atoms with Gasteiger partial charge in [-0.3, -0.25) is 9.10 Å². The van der Waals surface area contributed by atoms with E-state index in [2.05, 4.69) is 5.32 Å². The summed E-state index contributed by atoms with van der Waals surface area (Å²) in [4.78, 5) is 12.8. The Kier molecular flexibility index (Phi) is 7.36. The van der Waals surface area contributed by atoms with Crippen LogP contribution in [0.2, 0.25) is 5.02 Å². The first-order valence-electron chi connectivity index (χ1n) is 9.94. The van der Waals surface area contributed by atoms with Gasteiger partial charge in [-0.05, 0) is 60.4 Å². The Morgan fingerprint density at radius 3 is 2.32 bits per heavy atom. The fourth-order valence-electron chi connectivity index (χ4n) is 3.18. The number of sulfonamides is 1. The fourth-order valence-corrected chi connectivity index (χ4v) is 4.72. The molecule has 5 nitrogen and oxygen atoms in total. The van der Waals surface area contributed by atoms with Gasteiger partial charge in [0.15, 0.2) is 0 Å². The highest BCUT2D eigenvalue weighted by molar-refractivity contribution is 7.92. The molecule has 7 heteroatoms. The van der Waals surface area contributed by atoms with E-state index >= 15 is 0 Å². The van der Waals surface area contributed by atoms with E-state index in [1.165, 1.54) is 24.3 Å². The quantitative estimate of drug-likeness (QED) is 0.531. The van der Waals surface area contributed by atoms with E-state index in [9.17, 15) is 13.2 Å². The summed E-state index contributed by atoms with van der Waals surface area (Å²) in [6.07, 6.45) is 0. The summed E-state index contributed by atoms with van der Waals surface area (Å²) in [6, 6.07) is 22.8. The predicted molar refractivity (Wildman–Crippen MR) is 125 cm³/mol. The minimum atomic E-state index is -3.96. The van der Waals surface area contributed by atoms with Gasteiger partial charge in [0.2, 0.25) is 5.91 Å². The molecule has 3 aromatic rings. The first kappa shape index (κ1) is 22.8. The van der Waals surface area contributed by atoms with Crippen molar-refractivity contribution in [1.29, 1.82) is 0 Å². The standard InChI is InChI=1S/C24H25ClN2O3S/c1-18-7-6-10-22(15-18)27(31(29,30)23-13-11-21(25)12-14-23)17-24(28)26-16-19(2)20-8-4-3-5-9-20/h3-15,19H,16-17H2,1-2H3,(H,26,28). The number of amides is 1. The Bertz CT molecular complexity index is 1130. The van der Waals surface area contributed by atoms with E-state index < -0.39 is 10.0 Å². The Morgan fingerprint density at radius 1 is 1.00 bits per heavy atom. The maximum atomic E-state index is 13.4. The lowest BCUT2D eigenvalue weighted by Gasteiger charge is -2.25. The van der Waals surface area contributed by atoms with Crippen molar-refractivity contribution >= 4 is 33.2 Å². The molecule has 3 rings (SSSR count). The molecule has 3 aromatic carbocycles. The van der Waals surface area contributed by atoms with Crippen molar-refractivity contribution in [3.8, 4) is 0 Å². The van der Waals surface area contributed by atoms with Crippen molar-refractivity contribution in [3.63, 3.8) is 0 Å². The lowest BCUT2D eigenvalue weighted by Crippen LogP contribution is -2.41. The summed E-state index contributed by atoms with van der Waals surface area (Å²) in [5.74, 6) is -0.271. The third-order valence-corrected chi connectivity index (χ3v) is 6.99. The van der Waals surface area contributed by atoms with Crippen LogP contribution in [0, 0.1) is 6.92 Å². The summed E-state index contributed by atoms with van der Waals surface area (Å²) >= 11 is 5.91. The molecule has 0 radical (unpaired) electrons. The molecule has 31 heavy (non-hydrogen) atoms. The molecule has 0 aliphatic heterocycles. The van der Waals surface area contributed by atoms with Crippen LogP contribution >= 0.6 is 11.6 Å². The van der Waals surface area contributed by atoms with E-state index in [-0.39, 0.29) is 23.3 Å². The lowest BCUT2D eigenvalue weighted by molar-refractivity contribution is -0.119. The molecule has 0 heterocycles. The smallest absolute Gasteiger partial charge is 0.264 e. The normalized spacial score (nSPS) is 12.2. The third kappa shape index (κ3) is 5.87. The van der Waals surface area contributed by atoms with Gasteiger partial charge in [-0.1, -0.05) is 61.0 Å². The highest BCUT2D eigenvalue weighted by Gasteiger charge is 2.27. The Balaban J connectivity index is 1.81. The Hall–Kier alpha value is -2.83. The fraction of sp³-hybridized carbons (Fsp3) is 0.208. The van der Waals surface area contributed by atoms with Gasteiger partial charge in [0.1, 0.15) is 6.54 Å². The van der Waals surface area contributed by atoms with Crippen molar-refractivity contribution in [2.75, 3.05) is 17.4 Å². The molecule has 0 aliphatic rings. The van der Waals surface area contributed by atoms with Gasteiger partial charge in [0.05, 0.1) is 10.6 Å². The second kappa shape index (κ2) is 9.98. The van der Waals surface area contributed by atoms with Crippen LogP contribution < -0.4 is 9.62 Å². The first-order valence-corrected chi connectivity index (χ1v) is 11.8. The zero-order valence-electron chi connectivity index (χ0n) is 17.5. The van der Waals surface area contributed by atoms with Crippen LogP contribution in [-0.2, 0) is 14.8 Å². The number of hydrogen-bond acceptors (Lipinski definition) is 3. The Morgan fingerprint density at radius 2 is 1.68 bits per heavy atom. The van der Waals surface area contributed by atoms with Crippen molar-refractivity contribution in [3.05, 3.63) is 95.0 Å². The molecular weight excluding hydrogens is 432 g/mol. The van der Waals surface area contributed by atoms with Gasteiger partial charge in [0.25, 0.3) is 10.0 Å². The van der Waals surface area contributed by atoms with Gasteiger partial charge in [-0.25, -0.2) is 8.42 Å². The van der Waals surface area contributed by atoms with Gasteiger partial charge >= 0.3 is 0 Å². The molecule has 0 spiro atoms. The summed E-state index contributed by atoms with van der Waals surface area (Å²) in [7, 11) is -3.96. The van der Waals surface area contributed by atoms with Gasteiger partial charge < -0.3 is 5.32 Å². The monoisotopic (exact) mass is 456 g/mol. The molecule has 162 valence electrons. The number of carbonyl (C=O) groups is 1. The number of carbonyl (C=O) groups excluding carboxylic acids is 1. The number of benzene rings is 3. The van der Waals surface area contributed by atoms with Gasteiger partial charge in [-0.2, -0.15) is 0 Å². The summed E-state index contributed by atoms with van der Waals surface area (Å²) < 4.78 is 27.8. The SMILES string of the molecule is Cc1cccc(N(CC(=O)NCC(C)c2ccccc2)S(=O)(=O)c2ccc(Cl)cc2)c1. The highest BCUT2D eigenvalue weighted by Crippen LogP contribution is 2.25. The number of rotatable bonds is 8. The van der Waals surface area contributed by atoms with Crippen molar-refractivity contribution < 1.29 is 13.2 Å². The molecular formula is C24H25ClN2O3S. The topological polar surface area (TPSA) is 66.5 Å². The maximum Gasteiger partial charge on any atom is 0.264 e. The molecule has 0 bridgehead atoms. The maximum absolute atomic E-state index is 13.4. The van der Waals surface area contributed by atoms with Crippen LogP contribution in [0.3, 0.4) is 0 Å². The average molecular weight is 457 g/mol. The molecule has 1 amide bonds. The molecule has 0 fully saturated rings. The van der Waals surface area contributed by atoms with Crippen molar-refractivity contribution in [2.24, 2.45) is 0 Å². The van der Waals surface area contributed by atoms with Crippen LogP contribution in [0.25, 0.3) is 0 Å². The van der Waals surface area contributed by atoms with Crippen LogP contribution in [0.5, 0.6) is 0 Å². The number of hydrogen-bond donors (Lipinski definition) is 1. The lowest BCUT2D eigenvalue weighted by atomic mass is 10.0. The predicted octanol–water partition coefficient (Wildman–Crippen LogP) is 4.76. The molecule has 0 saturated heterocycles. The molecule has 1 unspecified atom stereocenters. The summed E-state index contributed by atoms with van der Waals surface area (Å²) in [5, 5.41) is 3.30. The number of nitrogens with one attached hydrogen (secondary N) is 1. The minimum absolute atomic E-state index is 0.0730. The van der Waals surface area contributed by atoms with Crippen LogP contribution in [0.15, 0.2) is 83.8 Å². The molecule has 0 saturated carbocycles. The van der Waals surface area contributed by atoms with Gasteiger partial charge in [-0.15, -0.1) is 0 Å². The molecule has 0 aliphatic carbocycles. The number of aryl methyl sites for hydroxylation is 1. The highest BCUT2D eigenvalue weighted by atomic mass is 35.5. The van der Waals surface area contributed by atoms with E-state index in [4.69, 9.17) is 11.6 Å². The third-order valence-electron chi connectivity index (χ3n) is 4.95. The number of nitrogens with zero attached hydrogens (tertiary/aromatic N) is 1. The number of halogens is 1. The zero-order valence-corrected chi connectivity index (χ0v) is 19.0. The van der Waals surface area contributed by atoms with Gasteiger partial charge in [0, 0.05) is 11.6 Å². The van der Waals surface area contributed by atoms with Crippen LogP contribution in [0.4, 0.5) is 5.69 Å². The van der Waals surface area contributed by atoms with E-state index in [0.717, 1.165) is 15.4 Å². The van der Waals surface area contributed by atoms with Crippen LogP contribution in [-0.4, -0.2) is 27.4 Å². The second-order valence-corrected chi connectivity index (χ2v) is 9.72. The summed E-state index contributed by atoms with van der Waals surface area (Å²) in [6.45, 7) is 3.97. The molecule has 1 atom stereocenters. The van der Waals surface area contributed by atoms with Crippen molar-refractivity contribution in [1.82, 2.24) is 5.32 Å². The van der Waals surface area contributed by atoms with Crippen molar-refractivity contribution in [2.45, 2.75) is 24.7 Å². The first-order chi connectivity index (χ1) is 14.8. The number of anilines is 1. The zero-order chi connectivity index (χ0) is 22.4. The summed E-state index contributed by atoms with van der Waals surface area (Å²) in [5.41, 5.74) is 2.43. The van der Waals surface area contributed by atoms with E-state index in [1.807, 2.05) is 50.2 Å². The Labute approximate surface area is 188 Å². The largest absolute Gasteiger partial charge is 0.354 e. The minimum Gasteiger partial charge on any atom is -0.354 e. The second-order valence-electron chi connectivity index (χ2n) is 7.42. The molecule has 0 aromatic heterocycles. The van der Waals surface area contributed by atoms with Crippen LogP contribution in [0.1, 0.15) is 24.0 Å².